The summed E-state index contributed by atoms with van der Waals surface area (Å²) in [4.78, 5) is 48.8. The highest BCUT2D eigenvalue weighted by Gasteiger charge is 2.10. The van der Waals surface area contributed by atoms with Gasteiger partial charge in [-0.3, -0.25) is 0 Å². The van der Waals surface area contributed by atoms with Crippen molar-refractivity contribution in [3.8, 4) is 37.0 Å². The lowest BCUT2D eigenvalue weighted by Gasteiger charge is -2.10. The molecule has 4 heterocycles. The van der Waals surface area contributed by atoms with E-state index in [9.17, 15) is 13.2 Å². The molecule has 0 aliphatic carbocycles. The predicted octanol–water partition coefficient (Wildman–Crippen LogP) is 12.3. The topological polar surface area (TPSA) is 324 Å². The van der Waals surface area contributed by atoms with Gasteiger partial charge in [0.15, 0.2) is 0 Å². The van der Waals surface area contributed by atoms with Crippen LogP contribution < -0.4 is 59.3 Å². The van der Waals surface area contributed by atoms with Crippen LogP contribution in [0, 0.1) is 54.5 Å². The molecular formula is C57H80Cl6F3N23O. The van der Waals surface area contributed by atoms with E-state index in [4.69, 9.17) is 63.9 Å². The SMILES string of the molecule is C#CCN.C#CCNc1nc(NCCC)nc(Nc2ccc(F)cc2)n1.C#CCNc1nc(NCCC)nc(Nc2ccc(F)cc2)n1.CCCNc1nc(Cl)nc(Cl)n1.CCCNc1nc(Cl)nc(Nc2ccc(F)cc2)n1.CCN.CCOCC.Cl.Cl.Cl. The van der Waals surface area contributed by atoms with Crippen LogP contribution in [0.15, 0.2) is 72.8 Å². The molecule has 0 radical (unpaired) electrons. The first-order chi connectivity index (χ1) is 42.0. The minimum Gasteiger partial charge on any atom is -0.382 e. The maximum atomic E-state index is 12.9. The number of nitrogens with two attached hydrogens (primary N) is 2. The lowest BCUT2D eigenvalue weighted by Crippen LogP contribution is -2.11. The fraction of sp³-hybridized carbons (Fsp3) is 0.368. The molecule has 0 atom stereocenters. The molecule has 0 bridgehead atoms. The van der Waals surface area contributed by atoms with E-state index in [1.54, 1.807) is 36.4 Å². The fourth-order valence-electron chi connectivity index (χ4n) is 5.47. The number of halogens is 9. The summed E-state index contributed by atoms with van der Waals surface area (Å²) >= 11 is 16.9. The third kappa shape index (κ3) is 42.0. The summed E-state index contributed by atoms with van der Waals surface area (Å²) in [5.74, 6) is 9.69. The van der Waals surface area contributed by atoms with Gasteiger partial charge in [0, 0.05) is 56.5 Å². The molecule has 492 valence electrons. The Morgan fingerprint density at radius 1 is 0.378 bits per heavy atom. The number of terminal acetylenes is 3. The van der Waals surface area contributed by atoms with Crippen LogP contribution in [0.25, 0.3) is 0 Å². The summed E-state index contributed by atoms with van der Waals surface area (Å²) in [5.41, 5.74) is 11.7. The monoisotopic (exact) mass is 1370 g/mol. The average molecular weight is 1370 g/mol. The molecule has 0 aliphatic rings. The van der Waals surface area contributed by atoms with Crippen molar-refractivity contribution in [2.45, 2.75) is 74.1 Å². The zero-order chi connectivity index (χ0) is 64.5. The van der Waals surface area contributed by atoms with E-state index in [1.807, 2.05) is 48.5 Å². The van der Waals surface area contributed by atoms with E-state index in [-0.39, 0.29) is 70.5 Å². The first-order valence-electron chi connectivity index (χ1n) is 27.4. The number of hydrogen-bond acceptors (Lipinski definition) is 24. The van der Waals surface area contributed by atoms with Crippen LogP contribution in [-0.2, 0) is 4.74 Å². The highest BCUT2D eigenvalue weighted by Crippen LogP contribution is 2.20. The van der Waals surface area contributed by atoms with Gasteiger partial charge in [0.05, 0.1) is 19.6 Å². The maximum absolute atomic E-state index is 12.9. The lowest BCUT2D eigenvalue weighted by atomic mass is 10.3. The Bertz CT molecular complexity index is 2960. The minimum atomic E-state index is -0.303. The molecule has 0 amide bonds. The average Bonchev–Trinajstić information content (AvgIpc) is 2.36. The molecule has 0 aliphatic heterocycles. The van der Waals surface area contributed by atoms with Gasteiger partial charge in [-0.2, -0.15) is 59.8 Å². The predicted molar refractivity (Wildman–Crippen MR) is 370 cm³/mol. The second kappa shape index (κ2) is 55.1. The van der Waals surface area contributed by atoms with E-state index in [2.05, 4.69) is 132 Å². The van der Waals surface area contributed by atoms with Crippen molar-refractivity contribution in [1.29, 1.82) is 0 Å². The molecule has 90 heavy (non-hydrogen) atoms. The Kier molecular flexibility index (Phi) is 52.8. The number of nitrogens with zero attached hydrogens (tertiary/aromatic N) is 12. The molecule has 0 unspecified atom stereocenters. The van der Waals surface area contributed by atoms with Gasteiger partial charge in [0.2, 0.25) is 69.4 Å². The summed E-state index contributed by atoms with van der Waals surface area (Å²) in [5, 5.41) is 27.2. The number of nitrogens with one attached hydrogen (secondary N) is 9. The molecule has 4 aromatic heterocycles. The summed E-state index contributed by atoms with van der Waals surface area (Å²) in [6, 6.07) is 17.7. The summed E-state index contributed by atoms with van der Waals surface area (Å²) < 4.78 is 43.5. The number of benzene rings is 3. The number of hydrogen-bond donors (Lipinski definition) is 11. The minimum absolute atomic E-state index is 0. The zero-order valence-electron chi connectivity index (χ0n) is 51.0. The van der Waals surface area contributed by atoms with Crippen molar-refractivity contribution >= 4 is 143 Å². The second-order valence-electron chi connectivity index (χ2n) is 16.4. The highest BCUT2D eigenvalue weighted by atomic mass is 35.5. The van der Waals surface area contributed by atoms with Gasteiger partial charge < -0.3 is 64.1 Å². The Hall–Kier alpha value is -8.01. The summed E-state index contributed by atoms with van der Waals surface area (Å²) in [7, 11) is 0. The fourth-order valence-corrected chi connectivity index (χ4v) is 5.99. The lowest BCUT2D eigenvalue weighted by molar-refractivity contribution is 0.162. The van der Waals surface area contributed by atoms with Crippen molar-refractivity contribution in [3.05, 3.63) is 106 Å². The van der Waals surface area contributed by atoms with Crippen molar-refractivity contribution < 1.29 is 17.9 Å². The highest BCUT2D eigenvalue weighted by molar-refractivity contribution is 6.31. The molecule has 3 aromatic carbocycles. The Balaban J connectivity index is -0.00000106. The van der Waals surface area contributed by atoms with Crippen LogP contribution in [-0.4, -0.2) is 125 Å². The van der Waals surface area contributed by atoms with Gasteiger partial charge >= 0.3 is 0 Å². The standard InChI is InChI=1S/2C15H17FN6.C12H13ClFN5.C6H8Cl2N4.C4H10O.C3H5N.C2H7N.3ClH/c2*1-3-9-17-13-20-14(18-10-4-2)22-15(21-13)19-12-7-5-11(16)6-8-12;1-2-7-15-11-17-10(13)18-12(19-11)16-9-5-3-8(14)4-6-9;1-2-3-9-6-11-4(7)10-5(8)12-6;1-3-5-4-2;1-2-3-4;1-2-3;;;/h2*1,5-8H,4,9-10H2,2H3,(H3,17,18,19,20,21,22);3-6H,2,7H2,1H3,(H2,15,16,17,18,19);2-3H2,1H3,(H,9,10,11,12);3-4H2,1-2H3;1H,3-4H2;2-3H2,1H3;3*1H. The molecule has 0 spiro atoms. The number of anilines is 12. The number of aromatic nitrogens is 12. The van der Waals surface area contributed by atoms with Gasteiger partial charge in [0.25, 0.3) is 0 Å². The van der Waals surface area contributed by atoms with Crippen molar-refractivity contribution in [3.63, 3.8) is 0 Å². The molecule has 33 heteroatoms. The van der Waals surface area contributed by atoms with Crippen molar-refractivity contribution in [1.82, 2.24) is 59.8 Å². The molecule has 7 rings (SSSR count). The van der Waals surface area contributed by atoms with Crippen molar-refractivity contribution in [2.24, 2.45) is 11.5 Å². The van der Waals surface area contributed by atoms with E-state index in [0.29, 0.717) is 90.2 Å². The first kappa shape index (κ1) is 86.2. The van der Waals surface area contributed by atoms with E-state index >= 15 is 0 Å². The molecule has 0 saturated heterocycles. The normalized spacial score (nSPS) is 9.20. The Morgan fingerprint density at radius 2 is 0.600 bits per heavy atom. The van der Waals surface area contributed by atoms with E-state index in [1.165, 1.54) is 36.4 Å². The van der Waals surface area contributed by atoms with E-state index < -0.39 is 0 Å². The quantitative estimate of drug-likeness (QED) is 0.0250. The van der Waals surface area contributed by atoms with Gasteiger partial charge in [-0.25, -0.2) is 13.2 Å². The van der Waals surface area contributed by atoms with Crippen LogP contribution in [0.3, 0.4) is 0 Å². The molecular weight excluding hydrogens is 1290 g/mol. The van der Waals surface area contributed by atoms with Crippen LogP contribution in [0.5, 0.6) is 0 Å². The molecule has 0 fully saturated rings. The van der Waals surface area contributed by atoms with Crippen molar-refractivity contribution in [2.75, 3.05) is 113 Å². The summed E-state index contributed by atoms with van der Waals surface area (Å²) in [6.45, 7) is 20.5. The Morgan fingerprint density at radius 3 is 0.844 bits per heavy atom. The van der Waals surface area contributed by atoms with Gasteiger partial charge in [0.1, 0.15) is 17.5 Å². The van der Waals surface area contributed by atoms with Gasteiger partial charge in [-0.05, 0) is 154 Å². The third-order valence-electron chi connectivity index (χ3n) is 9.12. The van der Waals surface area contributed by atoms with Crippen LogP contribution in [0.1, 0.15) is 74.1 Å². The summed E-state index contributed by atoms with van der Waals surface area (Å²) in [6.07, 6.45) is 18.9. The molecule has 13 N–H and O–H groups in total. The number of ether oxygens (including phenoxy) is 1. The van der Waals surface area contributed by atoms with Gasteiger partial charge in [-0.15, -0.1) is 56.5 Å². The maximum Gasteiger partial charge on any atom is 0.233 e. The van der Waals surface area contributed by atoms with Crippen LogP contribution in [0.2, 0.25) is 15.9 Å². The molecule has 7 aromatic rings. The Labute approximate surface area is 559 Å². The van der Waals surface area contributed by atoms with Crippen LogP contribution >= 0.6 is 72.0 Å². The smallest absolute Gasteiger partial charge is 0.233 e. The van der Waals surface area contributed by atoms with E-state index in [0.717, 1.165) is 71.6 Å². The second-order valence-corrected chi connectivity index (χ2v) is 17.4. The number of rotatable bonds is 24. The third-order valence-corrected chi connectivity index (χ3v) is 9.62. The largest absolute Gasteiger partial charge is 0.382 e. The zero-order valence-corrected chi connectivity index (χ0v) is 55.7. The first-order valence-corrected chi connectivity index (χ1v) is 28.5. The van der Waals surface area contributed by atoms with Gasteiger partial charge in [-0.1, -0.05) is 52.4 Å². The van der Waals surface area contributed by atoms with Crippen LogP contribution in [0.4, 0.5) is 83.8 Å². The molecule has 24 nitrogen and oxygen atoms in total. The molecule has 0 saturated carbocycles.